The van der Waals surface area contributed by atoms with Crippen molar-refractivity contribution in [3.05, 3.63) is 78.1 Å². The molecule has 1 aromatic heterocycles. The van der Waals surface area contributed by atoms with Gasteiger partial charge in [-0.05, 0) is 5.56 Å². The van der Waals surface area contributed by atoms with Gasteiger partial charge in [-0.3, -0.25) is 0 Å². The summed E-state index contributed by atoms with van der Waals surface area (Å²) in [5, 5.41) is 5.69. The van der Waals surface area contributed by atoms with Crippen molar-refractivity contribution in [1.82, 2.24) is 20.6 Å². The average Bonchev–Trinajstić information content (AvgIpc) is 3.11. The maximum Gasteiger partial charge on any atom is 0.315 e. The number of nitrogens with zero attached hydrogens (tertiary/aromatic N) is 1. The highest BCUT2D eigenvalue weighted by Crippen LogP contribution is 2.14. The molecule has 0 aliphatic rings. The third-order valence-electron chi connectivity index (χ3n) is 3.65. The number of carbonyl (C=O) groups is 1. The number of aromatic amines is 1. The van der Waals surface area contributed by atoms with Gasteiger partial charge in [0.25, 0.3) is 0 Å². The number of rotatable bonds is 6. The number of benzene rings is 2. The minimum Gasteiger partial charge on any atom is -0.342 e. The van der Waals surface area contributed by atoms with Gasteiger partial charge < -0.3 is 15.6 Å². The summed E-state index contributed by atoms with van der Waals surface area (Å²) in [6.45, 7) is 1.08. The quantitative estimate of drug-likeness (QED) is 0.653. The summed E-state index contributed by atoms with van der Waals surface area (Å²) in [5.74, 6) is 0.846. The average molecular weight is 320 g/mol. The molecule has 0 saturated heterocycles. The second-order valence-corrected chi connectivity index (χ2v) is 5.47. The number of H-pyrrole nitrogens is 1. The van der Waals surface area contributed by atoms with E-state index in [2.05, 4.69) is 20.6 Å². The lowest BCUT2D eigenvalue weighted by Gasteiger charge is -2.07. The third kappa shape index (κ3) is 4.46. The van der Waals surface area contributed by atoms with Crippen LogP contribution in [0.4, 0.5) is 4.79 Å². The molecule has 1 heterocycles. The van der Waals surface area contributed by atoms with Crippen molar-refractivity contribution in [2.45, 2.75) is 13.0 Å². The molecule has 0 aliphatic carbocycles. The Morgan fingerprint density at radius 2 is 1.67 bits per heavy atom. The molecule has 3 N–H and O–H groups in total. The predicted molar refractivity (Wildman–Crippen MR) is 94.4 cm³/mol. The molecule has 2 amide bonds. The highest BCUT2D eigenvalue weighted by molar-refractivity contribution is 5.73. The number of imidazole rings is 1. The zero-order valence-corrected chi connectivity index (χ0v) is 13.3. The van der Waals surface area contributed by atoms with Gasteiger partial charge in [0.15, 0.2) is 0 Å². The van der Waals surface area contributed by atoms with Gasteiger partial charge in [-0.25, -0.2) is 9.78 Å². The lowest BCUT2D eigenvalue weighted by atomic mass is 10.2. The van der Waals surface area contributed by atoms with E-state index in [1.165, 1.54) is 0 Å². The Hall–Kier alpha value is -3.08. The van der Waals surface area contributed by atoms with Crippen LogP contribution < -0.4 is 10.6 Å². The first kappa shape index (κ1) is 15.8. The van der Waals surface area contributed by atoms with Crippen LogP contribution in [0.15, 0.2) is 66.9 Å². The van der Waals surface area contributed by atoms with Crippen LogP contribution in [0.5, 0.6) is 0 Å². The van der Waals surface area contributed by atoms with Crippen LogP contribution in [0.25, 0.3) is 11.4 Å². The van der Waals surface area contributed by atoms with E-state index in [1.54, 1.807) is 0 Å². The van der Waals surface area contributed by atoms with E-state index in [1.807, 2.05) is 66.9 Å². The summed E-state index contributed by atoms with van der Waals surface area (Å²) in [6, 6.07) is 19.6. The van der Waals surface area contributed by atoms with Crippen molar-refractivity contribution in [2.75, 3.05) is 6.54 Å². The Balaban J connectivity index is 1.42. The molecule has 0 atom stereocenters. The summed E-state index contributed by atoms with van der Waals surface area (Å²) in [7, 11) is 0. The van der Waals surface area contributed by atoms with E-state index in [4.69, 9.17) is 0 Å². The number of amides is 2. The van der Waals surface area contributed by atoms with Crippen LogP contribution in [0, 0.1) is 0 Å². The molecular weight excluding hydrogens is 300 g/mol. The van der Waals surface area contributed by atoms with Gasteiger partial charge >= 0.3 is 6.03 Å². The maximum absolute atomic E-state index is 11.8. The van der Waals surface area contributed by atoms with Gasteiger partial charge in [-0.2, -0.15) is 0 Å². The van der Waals surface area contributed by atoms with Gasteiger partial charge in [-0.1, -0.05) is 60.7 Å². The van der Waals surface area contributed by atoms with Crippen LogP contribution in [0.2, 0.25) is 0 Å². The Labute approximate surface area is 141 Å². The number of aromatic nitrogens is 2. The number of hydrogen-bond acceptors (Lipinski definition) is 2. The lowest BCUT2D eigenvalue weighted by Crippen LogP contribution is -2.36. The summed E-state index contributed by atoms with van der Waals surface area (Å²) in [6.07, 6.45) is 2.52. The molecule has 3 aromatic rings. The van der Waals surface area contributed by atoms with E-state index >= 15 is 0 Å². The van der Waals surface area contributed by atoms with Crippen molar-refractivity contribution >= 4 is 6.03 Å². The van der Waals surface area contributed by atoms with Gasteiger partial charge in [0, 0.05) is 37.0 Å². The van der Waals surface area contributed by atoms with E-state index < -0.39 is 0 Å². The SMILES string of the molecule is O=C(NCCc1cnc(-c2ccccc2)[nH]1)NCc1ccccc1. The number of hydrogen-bond donors (Lipinski definition) is 3. The van der Waals surface area contributed by atoms with Gasteiger partial charge in [-0.15, -0.1) is 0 Å². The molecule has 24 heavy (non-hydrogen) atoms. The predicted octanol–water partition coefficient (Wildman–Crippen LogP) is 3.12. The molecule has 0 aliphatic heterocycles. The molecule has 0 radical (unpaired) electrons. The fraction of sp³-hybridized carbons (Fsp3) is 0.158. The molecule has 0 fully saturated rings. The van der Waals surface area contributed by atoms with Crippen LogP contribution in [-0.4, -0.2) is 22.5 Å². The van der Waals surface area contributed by atoms with Crippen LogP contribution >= 0.6 is 0 Å². The van der Waals surface area contributed by atoms with E-state index in [9.17, 15) is 4.79 Å². The summed E-state index contributed by atoms with van der Waals surface area (Å²) >= 11 is 0. The summed E-state index contributed by atoms with van der Waals surface area (Å²) in [4.78, 5) is 19.4. The normalized spacial score (nSPS) is 10.3. The minimum absolute atomic E-state index is 0.165. The van der Waals surface area contributed by atoms with Crippen LogP contribution in [0.1, 0.15) is 11.3 Å². The first-order valence-electron chi connectivity index (χ1n) is 7.96. The van der Waals surface area contributed by atoms with E-state index in [-0.39, 0.29) is 6.03 Å². The molecule has 0 saturated carbocycles. The van der Waals surface area contributed by atoms with Gasteiger partial charge in [0.1, 0.15) is 5.82 Å². The second-order valence-electron chi connectivity index (χ2n) is 5.47. The monoisotopic (exact) mass is 320 g/mol. The summed E-state index contributed by atoms with van der Waals surface area (Å²) in [5.41, 5.74) is 3.13. The smallest absolute Gasteiger partial charge is 0.315 e. The van der Waals surface area contributed by atoms with E-state index in [0.29, 0.717) is 19.5 Å². The van der Waals surface area contributed by atoms with Crippen LogP contribution in [0.3, 0.4) is 0 Å². The molecule has 122 valence electrons. The lowest BCUT2D eigenvalue weighted by molar-refractivity contribution is 0.240. The molecule has 5 heteroatoms. The number of nitrogens with one attached hydrogen (secondary N) is 3. The van der Waals surface area contributed by atoms with Crippen molar-refractivity contribution < 1.29 is 4.79 Å². The molecule has 2 aromatic carbocycles. The maximum atomic E-state index is 11.8. The highest BCUT2D eigenvalue weighted by Gasteiger charge is 2.04. The number of carbonyl (C=O) groups excluding carboxylic acids is 1. The Kier molecular flexibility index (Phi) is 5.24. The topological polar surface area (TPSA) is 69.8 Å². The molecule has 0 unspecified atom stereocenters. The first-order chi connectivity index (χ1) is 11.8. The molecule has 5 nitrogen and oxygen atoms in total. The fourth-order valence-corrected chi connectivity index (χ4v) is 2.38. The standard InChI is InChI=1S/C19H20N4O/c24-19(22-13-15-7-3-1-4-8-15)20-12-11-17-14-21-18(23-17)16-9-5-2-6-10-16/h1-10,14H,11-13H2,(H,21,23)(H2,20,22,24). The highest BCUT2D eigenvalue weighted by atomic mass is 16.2. The molecular formula is C19H20N4O. The Morgan fingerprint density at radius 3 is 2.42 bits per heavy atom. The molecule has 0 spiro atoms. The van der Waals surface area contributed by atoms with Crippen molar-refractivity contribution in [3.8, 4) is 11.4 Å². The Bertz CT molecular complexity index is 768. The van der Waals surface area contributed by atoms with E-state index in [0.717, 1.165) is 22.6 Å². The second kappa shape index (κ2) is 7.97. The summed E-state index contributed by atoms with van der Waals surface area (Å²) < 4.78 is 0. The van der Waals surface area contributed by atoms with Gasteiger partial charge in [0.2, 0.25) is 0 Å². The zero-order chi connectivity index (χ0) is 16.6. The number of urea groups is 1. The Morgan fingerprint density at radius 1 is 0.958 bits per heavy atom. The fourth-order valence-electron chi connectivity index (χ4n) is 2.38. The largest absolute Gasteiger partial charge is 0.342 e. The van der Waals surface area contributed by atoms with Crippen molar-refractivity contribution in [3.63, 3.8) is 0 Å². The van der Waals surface area contributed by atoms with Crippen LogP contribution in [-0.2, 0) is 13.0 Å². The minimum atomic E-state index is -0.165. The van der Waals surface area contributed by atoms with Crippen molar-refractivity contribution in [1.29, 1.82) is 0 Å². The zero-order valence-electron chi connectivity index (χ0n) is 13.3. The third-order valence-corrected chi connectivity index (χ3v) is 3.65. The van der Waals surface area contributed by atoms with Crippen molar-refractivity contribution in [2.24, 2.45) is 0 Å². The molecule has 3 rings (SSSR count). The van der Waals surface area contributed by atoms with Gasteiger partial charge in [0.05, 0.1) is 0 Å². The molecule has 0 bridgehead atoms. The first-order valence-corrected chi connectivity index (χ1v) is 7.96.